The summed E-state index contributed by atoms with van der Waals surface area (Å²) >= 11 is -2.52. The smallest absolute Gasteiger partial charge is 0.111 e. The molecule has 0 aromatic heterocycles. The van der Waals surface area contributed by atoms with Crippen LogP contribution in [0.3, 0.4) is 0 Å². The number of nitrogens with two attached hydrogens (primary N) is 1. The lowest BCUT2D eigenvalue weighted by Crippen LogP contribution is -2.49. The summed E-state index contributed by atoms with van der Waals surface area (Å²) in [5.74, 6) is 0. The van der Waals surface area contributed by atoms with Gasteiger partial charge in [-0.2, -0.15) is 0 Å². The van der Waals surface area contributed by atoms with E-state index >= 15 is 0 Å². The Morgan fingerprint density at radius 1 is 1.22 bits per heavy atom. The largest absolute Gasteiger partial charge is 0.768 e. The summed E-state index contributed by atoms with van der Waals surface area (Å²) < 4.78 is 22.1. The van der Waals surface area contributed by atoms with Crippen molar-refractivity contribution in [1.82, 2.24) is 0 Å². The van der Waals surface area contributed by atoms with Gasteiger partial charge in [0.05, 0.1) is 12.7 Å². The molecule has 0 fully saturated rings. The van der Waals surface area contributed by atoms with E-state index in [0.717, 1.165) is 0 Å². The quantitative estimate of drug-likeness (QED) is 0.217. The number of hydrogen-bond donors (Lipinski definition) is 6. The van der Waals surface area contributed by atoms with Crippen molar-refractivity contribution in [1.29, 1.82) is 0 Å². The Morgan fingerprint density at radius 2 is 1.78 bits per heavy atom. The summed E-state index contributed by atoms with van der Waals surface area (Å²) in [7, 11) is 1.54. The fraction of sp³-hybridized carbons (Fsp3) is 0.538. The number of aliphatic hydroxyl groups excluding tert-OH is 5. The molecule has 0 aliphatic heterocycles. The number of benzene rings is 1. The molecule has 0 radical (unpaired) electrons. The van der Waals surface area contributed by atoms with E-state index < -0.39 is 42.1 Å². The van der Waals surface area contributed by atoms with E-state index in [1.165, 1.54) is 30.1 Å². The van der Waals surface area contributed by atoms with Crippen LogP contribution in [0.15, 0.2) is 23.1 Å². The zero-order valence-electron chi connectivity index (χ0n) is 12.4. The average Bonchev–Trinajstić information content (AvgIpc) is 2.52. The van der Waals surface area contributed by atoms with Crippen LogP contribution in [0.25, 0.3) is 0 Å². The summed E-state index contributed by atoms with van der Waals surface area (Å²) in [5.41, 5.74) is 6.04. The Hall–Kier alpha value is -1.27. The second kappa shape index (κ2) is 8.55. The molecule has 1 aromatic rings. The second-order valence-electron chi connectivity index (χ2n) is 5.14. The van der Waals surface area contributed by atoms with Crippen molar-refractivity contribution in [2.75, 3.05) is 30.8 Å². The van der Waals surface area contributed by atoms with E-state index in [9.17, 15) is 29.2 Å². The topological polar surface area (TPSA) is 171 Å². The van der Waals surface area contributed by atoms with Gasteiger partial charge in [0.1, 0.15) is 18.3 Å². The van der Waals surface area contributed by atoms with Gasteiger partial charge in [0, 0.05) is 29.9 Å². The Balaban J connectivity index is 2.81. The molecule has 23 heavy (non-hydrogen) atoms. The highest BCUT2D eigenvalue weighted by Crippen LogP contribution is 2.23. The highest BCUT2D eigenvalue weighted by molar-refractivity contribution is 7.79. The van der Waals surface area contributed by atoms with Crippen LogP contribution in [0.1, 0.15) is 0 Å². The molecule has 7 N–H and O–H groups in total. The van der Waals surface area contributed by atoms with Crippen LogP contribution >= 0.6 is 0 Å². The molecule has 1 aromatic carbocycles. The number of nitrogen functional groups attached to an aromatic ring is 1. The van der Waals surface area contributed by atoms with E-state index in [-0.39, 0.29) is 17.1 Å². The minimum Gasteiger partial charge on any atom is -0.768 e. The fourth-order valence-electron chi connectivity index (χ4n) is 1.96. The van der Waals surface area contributed by atoms with Crippen LogP contribution in [-0.4, -0.2) is 78.9 Å². The Bertz CT molecular complexity index is 545. The molecule has 5 unspecified atom stereocenters. The third-order valence-corrected chi connectivity index (χ3v) is 4.12. The minimum atomic E-state index is -2.52. The third-order valence-electron chi connectivity index (χ3n) is 3.40. The SMILES string of the molecule is CN(CC(O)C(O)C(O)C(O)CO)c1ccc(N)c(S(=O)[O-])c1. The summed E-state index contributed by atoms with van der Waals surface area (Å²) in [5, 5.41) is 47.2. The highest BCUT2D eigenvalue weighted by atomic mass is 32.2. The lowest BCUT2D eigenvalue weighted by molar-refractivity contribution is -0.112. The lowest BCUT2D eigenvalue weighted by atomic mass is 10.0. The molecule has 9 nitrogen and oxygen atoms in total. The van der Waals surface area contributed by atoms with Crippen molar-refractivity contribution in [2.24, 2.45) is 0 Å². The maximum absolute atomic E-state index is 11.1. The van der Waals surface area contributed by atoms with Crippen molar-refractivity contribution < 1.29 is 34.3 Å². The number of rotatable bonds is 8. The van der Waals surface area contributed by atoms with Crippen LogP contribution in [0.5, 0.6) is 0 Å². The molecule has 0 bridgehead atoms. The highest BCUT2D eigenvalue weighted by Gasteiger charge is 2.30. The maximum Gasteiger partial charge on any atom is 0.111 e. The molecular formula is C13H21N2O7S-. The summed E-state index contributed by atoms with van der Waals surface area (Å²) in [6.45, 7) is -0.928. The van der Waals surface area contributed by atoms with Gasteiger partial charge in [0.2, 0.25) is 0 Å². The summed E-state index contributed by atoms with van der Waals surface area (Å²) in [6.07, 6.45) is -6.45. The van der Waals surface area contributed by atoms with E-state index in [1.54, 1.807) is 0 Å². The molecule has 10 heteroatoms. The number of likely N-dealkylation sites (N-methyl/N-ethyl adjacent to an activating group) is 1. The third kappa shape index (κ3) is 5.11. The van der Waals surface area contributed by atoms with Gasteiger partial charge < -0.3 is 40.7 Å². The Kier molecular flexibility index (Phi) is 7.35. The van der Waals surface area contributed by atoms with Gasteiger partial charge in [-0.15, -0.1) is 0 Å². The number of hydrogen-bond acceptors (Lipinski definition) is 9. The van der Waals surface area contributed by atoms with Crippen LogP contribution in [-0.2, 0) is 11.1 Å². The monoisotopic (exact) mass is 349 g/mol. The van der Waals surface area contributed by atoms with E-state index in [0.29, 0.717) is 5.69 Å². The first-order valence-corrected chi connectivity index (χ1v) is 7.79. The van der Waals surface area contributed by atoms with Gasteiger partial charge in [0.15, 0.2) is 0 Å². The fourth-order valence-corrected chi connectivity index (χ4v) is 2.44. The number of aliphatic hydroxyl groups is 5. The number of anilines is 2. The average molecular weight is 349 g/mol. The van der Waals surface area contributed by atoms with Crippen molar-refractivity contribution in [3.8, 4) is 0 Å². The second-order valence-corrected chi connectivity index (χ2v) is 6.05. The first kappa shape index (κ1) is 19.8. The van der Waals surface area contributed by atoms with Crippen molar-refractivity contribution in [3.05, 3.63) is 18.2 Å². The van der Waals surface area contributed by atoms with E-state index in [4.69, 9.17) is 10.8 Å². The van der Waals surface area contributed by atoms with Crippen LogP contribution in [0, 0.1) is 0 Å². The zero-order valence-corrected chi connectivity index (χ0v) is 13.3. The first-order chi connectivity index (χ1) is 10.7. The molecule has 1 rings (SSSR count). The predicted molar refractivity (Wildman–Crippen MR) is 82.4 cm³/mol. The van der Waals surface area contributed by atoms with Gasteiger partial charge in [-0.05, 0) is 29.3 Å². The Morgan fingerprint density at radius 3 is 2.30 bits per heavy atom. The molecular weight excluding hydrogens is 328 g/mol. The van der Waals surface area contributed by atoms with Gasteiger partial charge in [-0.25, -0.2) is 0 Å². The lowest BCUT2D eigenvalue weighted by Gasteiger charge is -2.29. The molecule has 0 aliphatic rings. The van der Waals surface area contributed by atoms with E-state index in [1.807, 2.05) is 0 Å². The molecule has 0 saturated heterocycles. The minimum absolute atomic E-state index is 0.0811. The summed E-state index contributed by atoms with van der Waals surface area (Å²) in [6, 6.07) is 4.23. The molecule has 0 amide bonds. The van der Waals surface area contributed by atoms with Crippen LogP contribution in [0.4, 0.5) is 11.4 Å². The van der Waals surface area contributed by atoms with Crippen molar-refractivity contribution >= 4 is 22.5 Å². The predicted octanol–water partition coefficient (Wildman–Crippen LogP) is -2.62. The number of nitrogens with zero attached hydrogens (tertiary/aromatic N) is 1. The van der Waals surface area contributed by atoms with Gasteiger partial charge in [-0.1, -0.05) is 0 Å². The molecule has 132 valence electrons. The van der Waals surface area contributed by atoms with Crippen LogP contribution < -0.4 is 10.6 Å². The summed E-state index contributed by atoms with van der Waals surface area (Å²) in [4.78, 5) is 1.35. The zero-order chi connectivity index (χ0) is 17.7. The van der Waals surface area contributed by atoms with Crippen molar-refractivity contribution in [2.45, 2.75) is 29.3 Å². The molecule has 0 heterocycles. The van der Waals surface area contributed by atoms with Crippen LogP contribution in [0.2, 0.25) is 0 Å². The molecule has 5 atom stereocenters. The maximum atomic E-state index is 11.1. The normalized spacial score (nSPS) is 18.0. The molecule has 0 aliphatic carbocycles. The Labute approximate surface area is 135 Å². The van der Waals surface area contributed by atoms with Gasteiger partial charge >= 0.3 is 0 Å². The molecule has 0 saturated carbocycles. The van der Waals surface area contributed by atoms with Gasteiger partial charge in [-0.3, -0.25) is 4.21 Å². The van der Waals surface area contributed by atoms with Gasteiger partial charge in [0.25, 0.3) is 0 Å². The van der Waals surface area contributed by atoms with E-state index in [2.05, 4.69) is 0 Å². The van der Waals surface area contributed by atoms with Crippen molar-refractivity contribution in [3.63, 3.8) is 0 Å². The first-order valence-electron chi connectivity index (χ1n) is 6.72. The standard InChI is InChI=1S/C13H22N2O7S/c1-15(5-9(17)12(19)13(20)10(18)6-16)7-2-3-8(14)11(4-7)23(21)22/h2-4,9-10,12-13,16-20H,5-6,14H2,1H3,(H,21,22)/p-1. The molecule has 0 spiro atoms.